The van der Waals surface area contributed by atoms with Gasteiger partial charge in [-0.15, -0.1) is 0 Å². The Hall–Kier alpha value is -2.32. The smallest absolute Gasteiger partial charge is 0.407 e. The second kappa shape index (κ2) is 12.2. The Morgan fingerprint density at radius 2 is 1.54 bits per heavy atom. The number of esters is 1. The van der Waals surface area contributed by atoms with Crippen molar-refractivity contribution >= 4 is 23.9 Å². The lowest BCUT2D eigenvalue weighted by atomic mass is 10.1. The van der Waals surface area contributed by atoms with E-state index >= 15 is 0 Å². The minimum Gasteiger partial charge on any atom is -0.467 e. The molecule has 0 saturated heterocycles. The number of amides is 3. The van der Waals surface area contributed by atoms with Crippen LogP contribution in [0.3, 0.4) is 0 Å². The molecule has 3 amide bonds. The van der Waals surface area contributed by atoms with E-state index in [2.05, 4.69) is 16.0 Å². The molecule has 0 spiro atoms. The van der Waals surface area contributed by atoms with Crippen LogP contribution in [-0.2, 0) is 23.9 Å². The lowest BCUT2D eigenvalue weighted by molar-refractivity contribution is -0.145. The van der Waals surface area contributed by atoms with E-state index in [1.165, 1.54) is 7.11 Å². The number of ether oxygens (including phenoxy) is 2. The minimum atomic E-state index is -0.822. The molecule has 9 heteroatoms. The van der Waals surface area contributed by atoms with Crippen molar-refractivity contribution < 1.29 is 28.7 Å². The highest BCUT2D eigenvalue weighted by Gasteiger charge is 2.25. The summed E-state index contributed by atoms with van der Waals surface area (Å²) in [6, 6.07) is -1.59. The third-order valence-corrected chi connectivity index (χ3v) is 3.67. The van der Waals surface area contributed by atoms with Crippen LogP contribution in [0.1, 0.15) is 60.8 Å². The van der Waals surface area contributed by atoms with Crippen LogP contribution in [0.4, 0.5) is 4.79 Å². The van der Waals surface area contributed by atoms with Crippen molar-refractivity contribution in [2.45, 2.75) is 78.5 Å². The number of hydrogen-bond acceptors (Lipinski definition) is 6. The first-order valence-electron chi connectivity index (χ1n) is 9.52. The van der Waals surface area contributed by atoms with Crippen molar-refractivity contribution in [1.82, 2.24) is 16.0 Å². The van der Waals surface area contributed by atoms with Gasteiger partial charge in [0.25, 0.3) is 0 Å². The van der Waals surface area contributed by atoms with Crippen LogP contribution in [0, 0.1) is 5.92 Å². The normalized spacial score (nSPS) is 13.3. The molecule has 0 unspecified atom stereocenters. The summed E-state index contributed by atoms with van der Waals surface area (Å²) in [6.45, 7) is 10.7. The molecule has 0 saturated carbocycles. The monoisotopic (exact) mass is 401 g/mol. The maximum atomic E-state index is 12.2. The fourth-order valence-corrected chi connectivity index (χ4v) is 2.11. The molecule has 9 nitrogen and oxygen atoms in total. The molecule has 0 aliphatic rings. The SMILES string of the molecule is COC(=O)[C@H](CCCCNC(=O)OC(C)(C)C)NC(=O)[C@H](C)NC(=O)C(C)C. The van der Waals surface area contributed by atoms with E-state index in [9.17, 15) is 19.2 Å². The Bertz CT molecular complexity index is 542. The Balaban J connectivity index is 4.42. The molecule has 2 atom stereocenters. The van der Waals surface area contributed by atoms with E-state index in [-0.39, 0.29) is 11.8 Å². The third kappa shape index (κ3) is 11.4. The average Bonchev–Trinajstić information content (AvgIpc) is 2.57. The molecular weight excluding hydrogens is 366 g/mol. The van der Waals surface area contributed by atoms with E-state index in [0.717, 1.165) is 0 Å². The van der Waals surface area contributed by atoms with Gasteiger partial charge in [0, 0.05) is 12.5 Å². The zero-order chi connectivity index (χ0) is 21.9. The van der Waals surface area contributed by atoms with E-state index < -0.39 is 35.7 Å². The first-order valence-corrected chi connectivity index (χ1v) is 9.52. The second-order valence-electron chi connectivity index (χ2n) is 7.89. The number of carbonyl (C=O) groups excluding carboxylic acids is 4. The molecule has 0 rings (SSSR count). The fraction of sp³-hybridized carbons (Fsp3) is 0.789. The topological polar surface area (TPSA) is 123 Å². The summed E-state index contributed by atoms with van der Waals surface area (Å²) in [5, 5.41) is 7.82. The molecule has 28 heavy (non-hydrogen) atoms. The van der Waals surface area contributed by atoms with Crippen molar-refractivity contribution in [3.63, 3.8) is 0 Å². The van der Waals surface area contributed by atoms with Gasteiger partial charge in [-0.2, -0.15) is 0 Å². The van der Waals surface area contributed by atoms with Crippen molar-refractivity contribution in [1.29, 1.82) is 0 Å². The van der Waals surface area contributed by atoms with E-state index in [1.807, 2.05) is 0 Å². The van der Waals surface area contributed by atoms with E-state index in [0.29, 0.717) is 25.8 Å². The summed E-state index contributed by atoms with van der Waals surface area (Å²) < 4.78 is 9.86. The van der Waals surface area contributed by atoms with Gasteiger partial charge in [0.2, 0.25) is 11.8 Å². The zero-order valence-electron chi connectivity index (χ0n) is 18.0. The van der Waals surface area contributed by atoms with Crippen molar-refractivity contribution in [2.24, 2.45) is 5.92 Å². The van der Waals surface area contributed by atoms with Gasteiger partial charge in [-0.25, -0.2) is 9.59 Å². The van der Waals surface area contributed by atoms with E-state index in [1.54, 1.807) is 41.5 Å². The first kappa shape index (κ1) is 25.7. The molecule has 0 radical (unpaired) electrons. The van der Waals surface area contributed by atoms with Gasteiger partial charge in [-0.3, -0.25) is 9.59 Å². The van der Waals surface area contributed by atoms with Gasteiger partial charge in [-0.1, -0.05) is 13.8 Å². The predicted molar refractivity (Wildman–Crippen MR) is 104 cm³/mol. The highest BCUT2D eigenvalue weighted by Crippen LogP contribution is 2.07. The lowest BCUT2D eigenvalue weighted by Gasteiger charge is -2.21. The number of hydrogen-bond donors (Lipinski definition) is 3. The van der Waals surface area contributed by atoms with Crippen LogP contribution in [0.2, 0.25) is 0 Å². The van der Waals surface area contributed by atoms with Crippen LogP contribution in [0.25, 0.3) is 0 Å². The summed E-state index contributed by atoms with van der Waals surface area (Å²) in [7, 11) is 1.25. The molecular formula is C19H35N3O6. The molecule has 0 aromatic carbocycles. The summed E-state index contributed by atoms with van der Waals surface area (Å²) in [4.78, 5) is 47.4. The summed E-state index contributed by atoms with van der Waals surface area (Å²) in [6.07, 6.45) is 1.02. The summed E-state index contributed by atoms with van der Waals surface area (Å²) in [5.41, 5.74) is -0.563. The number of alkyl carbamates (subject to hydrolysis) is 1. The molecule has 0 fully saturated rings. The predicted octanol–water partition coefficient (Wildman–Crippen LogP) is 1.50. The molecule has 0 aromatic heterocycles. The summed E-state index contributed by atoms with van der Waals surface area (Å²) in [5.74, 6) is -1.51. The molecule has 162 valence electrons. The van der Waals surface area contributed by atoms with Gasteiger partial charge in [0.1, 0.15) is 17.7 Å². The summed E-state index contributed by atoms with van der Waals surface area (Å²) >= 11 is 0. The van der Waals surface area contributed by atoms with Gasteiger partial charge < -0.3 is 25.4 Å². The maximum Gasteiger partial charge on any atom is 0.407 e. The zero-order valence-corrected chi connectivity index (χ0v) is 18.0. The van der Waals surface area contributed by atoms with Gasteiger partial charge >= 0.3 is 12.1 Å². The van der Waals surface area contributed by atoms with Crippen LogP contribution in [0.15, 0.2) is 0 Å². The highest BCUT2D eigenvalue weighted by molar-refractivity contribution is 5.90. The van der Waals surface area contributed by atoms with Crippen LogP contribution in [0.5, 0.6) is 0 Å². The van der Waals surface area contributed by atoms with Crippen molar-refractivity contribution in [3.05, 3.63) is 0 Å². The Labute approximate surface area is 167 Å². The molecule has 3 N–H and O–H groups in total. The molecule has 0 aliphatic heterocycles. The minimum absolute atomic E-state index is 0.245. The number of carbonyl (C=O) groups is 4. The molecule has 0 bridgehead atoms. The Morgan fingerprint density at radius 3 is 2.04 bits per heavy atom. The molecule has 0 aromatic rings. The number of rotatable bonds is 10. The van der Waals surface area contributed by atoms with Crippen LogP contribution < -0.4 is 16.0 Å². The number of nitrogens with one attached hydrogen (secondary N) is 3. The third-order valence-electron chi connectivity index (χ3n) is 3.67. The largest absolute Gasteiger partial charge is 0.467 e. The number of unbranched alkanes of at least 4 members (excludes halogenated alkanes) is 1. The van der Waals surface area contributed by atoms with Crippen molar-refractivity contribution in [3.8, 4) is 0 Å². The maximum absolute atomic E-state index is 12.2. The molecule has 0 heterocycles. The van der Waals surface area contributed by atoms with Crippen LogP contribution >= 0.6 is 0 Å². The first-order chi connectivity index (χ1) is 12.9. The van der Waals surface area contributed by atoms with E-state index in [4.69, 9.17) is 9.47 Å². The second-order valence-corrected chi connectivity index (χ2v) is 7.89. The average molecular weight is 402 g/mol. The Morgan fingerprint density at radius 1 is 0.929 bits per heavy atom. The van der Waals surface area contributed by atoms with Crippen molar-refractivity contribution in [2.75, 3.05) is 13.7 Å². The van der Waals surface area contributed by atoms with Gasteiger partial charge in [0.15, 0.2) is 0 Å². The molecule has 0 aliphatic carbocycles. The van der Waals surface area contributed by atoms with Crippen LogP contribution in [-0.4, -0.2) is 55.2 Å². The lowest BCUT2D eigenvalue weighted by Crippen LogP contribution is -2.51. The number of methoxy groups -OCH3 is 1. The van der Waals surface area contributed by atoms with Gasteiger partial charge in [-0.05, 0) is 47.0 Å². The van der Waals surface area contributed by atoms with Gasteiger partial charge in [0.05, 0.1) is 7.11 Å². The Kier molecular flexibility index (Phi) is 11.2. The quantitative estimate of drug-likeness (QED) is 0.377. The highest BCUT2D eigenvalue weighted by atomic mass is 16.6. The fourth-order valence-electron chi connectivity index (χ4n) is 2.11. The standard InChI is InChI=1S/C19H35N3O6/c1-12(2)15(23)21-13(3)16(24)22-14(17(25)27-7)10-8-9-11-20-18(26)28-19(4,5)6/h12-14H,8-11H2,1-7H3,(H,20,26)(H,21,23)(H,22,24)/t13-,14-/m0/s1.